The lowest BCUT2D eigenvalue weighted by Crippen LogP contribution is -1.99. The van der Waals surface area contributed by atoms with Crippen LogP contribution in [0.1, 0.15) is 60.9 Å². The molecule has 0 unspecified atom stereocenters. The van der Waals surface area contributed by atoms with Crippen molar-refractivity contribution in [3.05, 3.63) is 65.7 Å². The van der Waals surface area contributed by atoms with Crippen molar-refractivity contribution in [2.75, 3.05) is 21.3 Å². The van der Waals surface area contributed by atoms with Crippen molar-refractivity contribution < 1.29 is 19.0 Å². The lowest BCUT2D eigenvalue weighted by molar-refractivity contribution is 0.104. The zero-order chi connectivity index (χ0) is 21.6. The Hall–Kier alpha value is -2.75. The van der Waals surface area contributed by atoms with Crippen molar-refractivity contribution in [2.24, 2.45) is 0 Å². The van der Waals surface area contributed by atoms with E-state index in [1.54, 1.807) is 45.6 Å². The van der Waals surface area contributed by atoms with Crippen LogP contribution in [-0.4, -0.2) is 27.1 Å². The number of aryl methyl sites for hydroxylation is 1. The van der Waals surface area contributed by atoms with E-state index in [1.165, 1.54) is 37.7 Å². The van der Waals surface area contributed by atoms with E-state index in [0.717, 1.165) is 25.0 Å². The summed E-state index contributed by atoms with van der Waals surface area (Å²) >= 11 is 0. The van der Waals surface area contributed by atoms with Crippen LogP contribution in [0, 0.1) is 0 Å². The fraction of sp³-hybridized carbons (Fsp3) is 0.423. The normalized spacial score (nSPS) is 10.9. The minimum Gasteiger partial charge on any atom is -0.497 e. The Morgan fingerprint density at radius 2 is 1.40 bits per heavy atom. The number of hydrogen-bond donors (Lipinski definition) is 0. The number of carbonyl (C=O) groups is 1. The van der Waals surface area contributed by atoms with Crippen LogP contribution in [0.25, 0.3) is 0 Å². The largest absolute Gasteiger partial charge is 0.497 e. The van der Waals surface area contributed by atoms with Crippen LogP contribution in [0.2, 0.25) is 0 Å². The Kier molecular flexibility index (Phi) is 10.6. The van der Waals surface area contributed by atoms with Gasteiger partial charge in [0.05, 0.1) is 26.9 Å². The molecule has 2 aromatic rings. The van der Waals surface area contributed by atoms with Crippen LogP contribution in [0.3, 0.4) is 0 Å². The first-order valence-electron chi connectivity index (χ1n) is 10.7. The molecule has 0 saturated heterocycles. The number of ether oxygens (including phenoxy) is 3. The summed E-state index contributed by atoms with van der Waals surface area (Å²) < 4.78 is 15.7. The zero-order valence-corrected chi connectivity index (χ0v) is 18.5. The molecule has 0 aliphatic heterocycles. The average Bonchev–Trinajstić information content (AvgIpc) is 2.80. The summed E-state index contributed by atoms with van der Waals surface area (Å²) in [4.78, 5) is 12.4. The second kappa shape index (κ2) is 13.5. The molecule has 0 radical (unpaired) electrons. The molecule has 0 atom stereocenters. The highest BCUT2D eigenvalue weighted by atomic mass is 16.5. The van der Waals surface area contributed by atoms with Gasteiger partial charge in [-0.15, -0.1) is 0 Å². The van der Waals surface area contributed by atoms with Gasteiger partial charge in [0.25, 0.3) is 0 Å². The molecule has 0 aromatic heterocycles. The summed E-state index contributed by atoms with van der Waals surface area (Å²) in [5, 5.41) is 0. The first kappa shape index (κ1) is 23.5. The monoisotopic (exact) mass is 410 g/mol. The van der Waals surface area contributed by atoms with E-state index in [9.17, 15) is 4.79 Å². The molecule has 0 amide bonds. The van der Waals surface area contributed by atoms with E-state index in [0.29, 0.717) is 17.1 Å². The van der Waals surface area contributed by atoms with Crippen LogP contribution in [0.5, 0.6) is 17.2 Å². The quantitative estimate of drug-likeness (QED) is 0.205. The molecule has 4 heteroatoms. The smallest absolute Gasteiger partial charge is 0.189 e. The van der Waals surface area contributed by atoms with E-state index >= 15 is 0 Å². The SMILES string of the molecule is COc1ccc(CCCCCCCCC=CC(=O)c2cc(OC)ccc2OC)cc1. The van der Waals surface area contributed by atoms with E-state index in [4.69, 9.17) is 14.2 Å². The van der Waals surface area contributed by atoms with Gasteiger partial charge in [-0.1, -0.05) is 43.9 Å². The molecule has 2 rings (SSSR count). The molecule has 30 heavy (non-hydrogen) atoms. The van der Waals surface area contributed by atoms with Gasteiger partial charge in [-0.25, -0.2) is 0 Å². The number of hydrogen-bond acceptors (Lipinski definition) is 4. The van der Waals surface area contributed by atoms with E-state index in [1.807, 2.05) is 18.2 Å². The molecular formula is C26H34O4. The average molecular weight is 411 g/mol. The maximum atomic E-state index is 12.4. The molecular weight excluding hydrogens is 376 g/mol. The first-order chi connectivity index (χ1) is 14.7. The van der Waals surface area contributed by atoms with Gasteiger partial charge in [0.15, 0.2) is 5.78 Å². The Morgan fingerprint density at radius 1 is 0.767 bits per heavy atom. The van der Waals surface area contributed by atoms with Gasteiger partial charge in [-0.05, 0) is 67.7 Å². The minimum absolute atomic E-state index is 0.0516. The van der Waals surface area contributed by atoms with Gasteiger partial charge < -0.3 is 14.2 Å². The zero-order valence-electron chi connectivity index (χ0n) is 18.5. The Balaban J connectivity index is 1.58. The van der Waals surface area contributed by atoms with Crippen LogP contribution in [0.4, 0.5) is 0 Å². The topological polar surface area (TPSA) is 44.8 Å². The molecule has 0 aliphatic carbocycles. The van der Waals surface area contributed by atoms with Crippen LogP contribution in [0.15, 0.2) is 54.6 Å². The maximum Gasteiger partial charge on any atom is 0.189 e. The maximum absolute atomic E-state index is 12.4. The summed E-state index contributed by atoms with van der Waals surface area (Å²) in [5.74, 6) is 2.08. The molecule has 0 fully saturated rings. The Bertz CT molecular complexity index is 793. The van der Waals surface area contributed by atoms with Crippen molar-refractivity contribution in [1.29, 1.82) is 0 Å². The van der Waals surface area contributed by atoms with Gasteiger partial charge in [0, 0.05) is 0 Å². The lowest BCUT2D eigenvalue weighted by atomic mass is 10.0. The van der Waals surface area contributed by atoms with Gasteiger partial charge in [0.1, 0.15) is 17.2 Å². The van der Waals surface area contributed by atoms with Crippen molar-refractivity contribution in [2.45, 2.75) is 51.4 Å². The summed E-state index contributed by atoms with van der Waals surface area (Å²) in [6, 6.07) is 13.6. The third-order valence-corrected chi connectivity index (χ3v) is 5.19. The predicted molar refractivity (Wildman–Crippen MR) is 122 cm³/mol. The first-order valence-corrected chi connectivity index (χ1v) is 10.7. The molecule has 0 spiro atoms. The highest BCUT2D eigenvalue weighted by Gasteiger charge is 2.10. The lowest BCUT2D eigenvalue weighted by Gasteiger charge is -2.07. The van der Waals surface area contributed by atoms with Crippen molar-refractivity contribution in [1.82, 2.24) is 0 Å². The summed E-state index contributed by atoms with van der Waals surface area (Å²) in [6.45, 7) is 0. The molecule has 0 bridgehead atoms. The van der Waals surface area contributed by atoms with Gasteiger partial charge >= 0.3 is 0 Å². The van der Waals surface area contributed by atoms with Crippen LogP contribution in [-0.2, 0) is 6.42 Å². The number of benzene rings is 2. The number of methoxy groups -OCH3 is 3. The molecule has 0 aliphatic rings. The van der Waals surface area contributed by atoms with E-state index in [-0.39, 0.29) is 5.78 Å². The molecule has 0 heterocycles. The second-order valence-electron chi connectivity index (χ2n) is 7.34. The van der Waals surface area contributed by atoms with Crippen molar-refractivity contribution in [3.8, 4) is 17.2 Å². The third-order valence-electron chi connectivity index (χ3n) is 5.19. The van der Waals surface area contributed by atoms with Crippen LogP contribution >= 0.6 is 0 Å². The molecule has 4 nitrogen and oxygen atoms in total. The van der Waals surface area contributed by atoms with E-state index in [2.05, 4.69) is 12.1 Å². The highest BCUT2D eigenvalue weighted by Crippen LogP contribution is 2.24. The second-order valence-corrected chi connectivity index (χ2v) is 7.34. The minimum atomic E-state index is -0.0516. The Labute approximate surface area is 180 Å². The highest BCUT2D eigenvalue weighted by molar-refractivity contribution is 6.06. The number of carbonyl (C=O) groups excluding carboxylic acids is 1. The summed E-state index contributed by atoms with van der Waals surface area (Å²) in [7, 11) is 4.85. The summed E-state index contributed by atoms with van der Waals surface area (Å²) in [5.41, 5.74) is 1.91. The number of unbranched alkanes of at least 4 members (excludes halogenated alkanes) is 6. The third kappa shape index (κ3) is 7.94. The predicted octanol–water partition coefficient (Wildman–Crippen LogP) is 6.42. The van der Waals surface area contributed by atoms with Gasteiger partial charge in [-0.3, -0.25) is 4.79 Å². The van der Waals surface area contributed by atoms with Gasteiger partial charge in [0.2, 0.25) is 0 Å². The molecule has 162 valence electrons. The number of rotatable bonds is 14. The fourth-order valence-electron chi connectivity index (χ4n) is 3.38. The van der Waals surface area contributed by atoms with Crippen LogP contribution < -0.4 is 14.2 Å². The fourth-order valence-corrected chi connectivity index (χ4v) is 3.38. The Morgan fingerprint density at radius 3 is 2.07 bits per heavy atom. The standard InChI is InChI=1S/C26H34O4/c1-28-22-16-14-21(15-17-22)12-10-8-6-4-5-7-9-11-13-25(27)24-20-23(29-2)18-19-26(24)30-3/h11,13-20H,4-10,12H2,1-3H3. The van der Waals surface area contributed by atoms with Crippen molar-refractivity contribution >= 4 is 5.78 Å². The van der Waals surface area contributed by atoms with E-state index < -0.39 is 0 Å². The summed E-state index contributed by atoms with van der Waals surface area (Å²) in [6.07, 6.45) is 13.0. The molecule has 0 saturated carbocycles. The van der Waals surface area contributed by atoms with Gasteiger partial charge in [-0.2, -0.15) is 0 Å². The molecule has 0 N–H and O–H groups in total. The number of ketones is 1. The van der Waals surface area contributed by atoms with Crippen molar-refractivity contribution in [3.63, 3.8) is 0 Å². The molecule has 2 aromatic carbocycles. The number of allylic oxidation sites excluding steroid dienone is 2.